The molecular weight excluding hydrogens is 578 g/mol. The van der Waals surface area contributed by atoms with Gasteiger partial charge < -0.3 is 31.3 Å². The Labute approximate surface area is 263 Å². The van der Waals surface area contributed by atoms with Crippen molar-refractivity contribution < 1.29 is 33.5 Å². The van der Waals surface area contributed by atoms with Crippen LogP contribution in [0.4, 0.5) is 0 Å². The first-order chi connectivity index (χ1) is 21.5. The maximum atomic E-state index is 13.6. The number of amides is 5. The van der Waals surface area contributed by atoms with E-state index in [9.17, 15) is 28.8 Å². The van der Waals surface area contributed by atoms with E-state index in [4.69, 9.17) is 4.74 Å². The Bertz CT molecular complexity index is 1340. The second-order valence-electron chi connectivity index (χ2n) is 11.6. The molecule has 1 heterocycles. The molecule has 1 saturated heterocycles. The van der Waals surface area contributed by atoms with Gasteiger partial charge in [-0.2, -0.15) is 0 Å². The van der Waals surface area contributed by atoms with E-state index in [0.717, 1.165) is 11.1 Å². The van der Waals surface area contributed by atoms with Crippen molar-refractivity contribution in [3.63, 3.8) is 0 Å². The molecule has 5 N–H and O–H groups in total. The summed E-state index contributed by atoms with van der Waals surface area (Å²) in [6.45, 7) is 5.26. The summed E-state index contributed by atoms with van der Waals surface area (Å²) in [7, 11) is 1.17. The summed E-state index contributed by atoms with van der Waals surface area (Å²) in [5.41, 5.74) is 1.53. The van der Waals surface area contributed by atoms with Gasteiger partial charge in [0, 0.05) is 19.3 Å². The van der Waals surface area contributed by atoms with E-state index in [1.54, 1.807) is 36.4 Å². The van der Waals surface area contributed by atoms with Gasteiger partial charge in [0.15, 0.2) is 0 Å². The first-order valence-corrected chi connectivity index (χ1v) is 15.1. The number of nitrogens with one attached hydrogen (secondary N) is 5. The van der Waals surface area contributed by atoms with Gasteiger partial charge in [0.2, 0.25) is 29.5 Å². The van der Waals surface area contributed by atoms with Crippen molar-refractivity contribution in [2.45, 2.75) is 83.1 Å². The van der Waals surface area contributed by atoms with E-state index in [0.29, 0.717) is 0 Å². The van der Waals surface area contributed by atoms with Crippen LogP contribution >= 0.6 is 0 Å². The van der Waals surface area contributed by atoms with Crippen LogP contribution in [0.1, 0.15) is 51.2 Å². The molecule has 5 amide bonds. The molecule has 5 atom stereocenters. The maximum absolute atomic E-state index is 13.6. The SMILES string of the molecule is COC(=O)C1CCC(=O)N[C@@H](Cc2ccccc2)C(=O)N[C@@H](C)C(=O)N[C@@H](CC(C)C)C(=O)N[C@@H](Cc2ccccc2)C(=O)N1. The number of rotatable bonds is 7. The molecule has 1 aliphatic rings. The van der Waals surface area contributed by atoms with Crippen molar-refractivity contribution in [1.82, 2.24) is 26.6 Å². The Morgan fingerprint density at radius 3 is 1.73 bits per heavy atom. The molecule has 0 aliphatic carbocycles. The number of ether oxygens (including phenoxy) is 1. The zero-order valence-corrected chi connectivity index (χ0v) is 26.1. The van der Waals surface area contributed by atoms with E-state index < -0.39 is 65.7 Å². The molecule has 12 heteroatoms. The summed E-state index contributed by atoms with van der Waals surface area (Å²) >= 11 is 0. The Morgan fingerprint density at radius 2 is 1.20 bits per heavy atom. The normalized spacial score (nSPS) is 23.9. The van der Waals surface area contributed by atoms with E-state index in [2.05, 4.69) is 26.6 Å². The number of hydrogen-bond donors (Lipinski definition) is 5. The minimum Gasteiger partial charge on any atom is -0.467 e. The van der Waals surface area contributed by atoms with Gasteiger partial charge in [0.05, 0.1) is 7.11 Å². The zero-order chi connectivity index (χ0) is 32.9. The molecule has 1 fully saturated rings. The van der Waals surface area contributed by atoms with Crippen molar-refractivity contribution in [3.05, 3.63) is 71.8 Å². The summed E-state index contributed by atoms with van der Waals surface area (Å²) in [5.74, 6) is -3.76. The smallest absolute Gasteiger partial charge is 0.328 e. The lowest BCUT2D eigenvalue weighted by molar-refractivity contribution is -0.145. The molecule has 0 radical (unpaired) electrons. The molecule has 12 nitrogen and oxygen atoms in total. The minimum atomic E-state index is -1.20. The largest absolute Gasteiger partial charge is 0.467 e. The molecule has 3 rings (SSSR count). The van der Waals surface area contributed by atoms with Gasteiger partial charge in [-0.25, -0.2) is 4.79 Å². The van der Waals surface area contributed by atoms with E-state index in [-0.39, 0.29) is 38.0 Å². The first-order valence-electron chi connectivity index (χ1n) is 15.1. The van der Waals surface area contributed by atoms with Crippen LogP contribution in [0.25, 0.3) is 0 Å². The Morgan fingerprint density at radius 1 is 0.711 bits per heavy atom. The number of esters is 1. The molecule has 0 aromatic heterocycles. The number of carbonyl (C=O) groups is 6. The van der Waals surface area contributed by atoms with Crippen molar-refractivity contribution in [1.29, 1.82) is 0 Å². The fraction of sp³-hybridized carbons (Fsp3) is 0.455. The average molecular weight is 622 g/mol. The van der Waals surface area contributed by atoms with Crippen LogP contribution in [-0.2, 0) is 46.3 Å². The molecule has 0 bridgehead atoms. The van der Waals surface area contributed by atoms with Crippen LogP contribution < -0.4 is 26.6 Å². The second kappa shape index (κ2) is 16.9. The highest BCUT2D eigenvalue weighted by Gasteiger charge is 2.33. The Kier molecular flexibility index (Phi) is 13.1. The van der Waals surface area contributed by atoms with E-state index >= 15 is 0 Å². The summed E-state index contributed by atoms with van der Waals surface area (Å²) < 4.78 is 4.89. The van der Waals surface area contributed by atoms with Gasteiger partial charge in [-0.3, -0.25) is 24.0 Å². The third-order valence-electron chi connectivity index (χ3n) is 7.40. The molecule has 2 aromatic rings. The number of carbonyl (C=O) groups excluding carboxylic acids is 6. The lowest BCUT2D eigenvalue weighted by Gasteiger charge is -2.26. The predicted octanol–water partition coefficient (Wildman–Crippen LogP) is 0.929. The molecular formula is C33H43N5O7. The minimum absolute atomic E-state index is 0.00405. The molecule has 45 heavy (non-hydrogen) atoms. The van der Waals surface area contributed by atoms with Crippen molar-refractivity contribution in [3.8, 4) is 0 Å². The monoisotopic (exact) mass is 621 g/mol. The van der Waals surface area contributed by atoms with Crippen LogP contribution in [0.5, 0.6) is 0 Å². The molecule has 0 spiro atoms. The lowest BCUT2D eigenvalue weighted by Crippen LogP contribution is -2.58. The van der Waals surface area contributed by atoms with Gasteiger partial charge in [0.1, 0.15) is 30.2 Å². The third kappa shape index (κ3) is 11.0. The standard InChI is InChI=1S/C33H43N5O7/c1-20(2)17-25-31(42)38-27(19-23-13-9-6-10-14-23)32(43)36-24(33(44)45-4)15-16-28(39)35-26(18-22-11-7-5-8-12-22)30(41)34-21(3)29(40)37-25/h5-14,20-21,24-27H,15-19H2,1-4H3,(H,34,41)(H,35,39)(H,36,43)(H,37,40)(H,38,42)/t21-,24?,25-,26-,27-/m0/s1. The van der Waals surface area contributed by atoms with Gasteiger partial charge >= 0.3 is 5.97 Å². The fourth-order valence-electron chi connectivity index (χ4n) is 4.98. The zero-order valence-electron chi connectivity index (χ0n) is 26.1. The summed E-state index contributed by atoms with van der Waals surface area (Å²) in [5, 5.41) is 13.4. The lowest BCUT2D eigenvalue weighted by atomic mass is 10.0. The van der Waals surface area contributed by atoms with E-state index in [1.807, 2.05) is 38.1 Å². The molecule has 1 aliphatic heterocycles. The molecule has 2 aromatic carbocycles. The quantitative estimate of drug-likeness (QED) is 0.286. The van der Waals surface area contributed by atoms with Crippen LogP contribution in [0, 0.1) is 5.92 Å². The van der Waals surface area contributed by atoms with E-state index in [1.165, 1.54) is 14.0 Å². The van der Waals surface area contributed by atoms with Crippen LogP contribution in [0.3, 0.4) is 0 Å². The highest BCUT2D eigenvalue weighted by molar-refractivity contribution is 5.96. The number of hydrogen-bond acceptors (Lipinski definition) is 7. The van der Waals surface area contributed by atoms with Crippen molar-refractivity contribution in [2.24, 2.45) is 5.92 Å². The number of methoxy groups -OCH3 is 1. The molecule has 0 saturated carbocycles. The Balaban J connectivity index is 1.96. The summed E-state index contributed by atoms with van der Waals surface area (Å²) in [6, 6.07) is 12.6. The second-order valence-corrected chi connectivity index (χ2v) is 11.6. The third-order valence-corrected chi connectivity index (χ3v) is 7.40. The van der Waals surface area contributed by atoms with Gasteiger partial charge in [0.25, 0.3) is 0 Å². The predicted molar refractivity (Wildman–Crippen MR) is 166 cm³/mol. The molecule has 242 valence electrons. The summed E-state index contributed by atoms with van der Waals surface area (Å²) in [6.07, 6.45) is 0.158. The first kappa shape index (κ1) is 34.7. The highest BCUT2D eigenvalue weighted by atomic mass is 16.5. The number of benzene rings is 2. The fourth-order valence-corrected chi connectivity index (χ4v) is 4.98. The maximum Gasteiger partial charge on any atom is 0.328 e. The molecule has 1 unspecified atom stereocenters. The average Bonchev–Trinajstić information content (AvgIpc) is 3.01. The summed E-state index contributed by atoms with van der Waals surface area (Å²) in [4.78, 5) is 79.5. The van der Waals surface area contributed by atoms with Gasteiger partial charge in [-0.15, -0.1) is 0 Å². The van der Waals surface area contributed by atoms with Crippen LogP contribution in [-0.4, -0.2) is 72.8 Å². The van der Waals surface area contributed by atoms with Gasteiger partial charge in [-0.05, 0) is 36.8 Å². The van der Waals surface area contributed by atoms with Crippen molar-refractivity contribution in [2.75, 3.05) is 7.11 Å². The van der Waals surface area contributed by atoms with Gasteiger partial charge in [-0.1, -0.05) is 74.5 Å². The van der Waals surface area contributed by atoms with Crippen LogP contribution in [0.15, 0.2) is 60.7 Å². The Hall–Kier alpha value is -4.74. The topological polar surface area (TPSA) is 172 Å². The highest BCUT2D eigenvalue weighted by Crippen LogP contribution is 2.11. The van der Waals surface area contributed by atoms with Crippen LogP contribution in [0.2, 0.25) is 0 Å². The van der Waals surface area contributed by atoms with Crippen molar-refractivity contribution >= 4 is 35.5 Å².